The van der Waals surface area contributed by atoms with Gasteiger partial charge >= 0.3 is 0 Å². The molecule has 1 N–H and O–H groups in total. The molecule has 0 aliphatic heterocycles. The van der Waals surface area contributed by atoms with E-state index in [1.807, 2.05) is 12.1 Å². The van der Waals surface area contributed by atoms with Gasteiger partial charge in [0.15, 0.2) is 5.13 Å². The van der Waals surface area contributed by atoms with Crippen molar-refractivity contribution in [3.63, 3.8) is 0 Å². The number of nitrogens with zero attached hydrogens (tertiary/aromatic N) is 1. The van der Waals surface area contributed by atoms with Gasteiger partial charge in [0.2, 0.25) is 5.91 Å². The van der Waals surface area contributed by atoms with Crippen LogP contribution >= 0.6 is 27.3 Å². The smallest absolute Gasteiger partial charge is 0.229 e. The van der Waals surface area contributed by atoms with Gasteiger partial charge in [-0.25, -0.2) is 4.98 Å². The molecule has 2 aromatic rings. The van der Waals surface area contributed by atoms with Crippen LogP contribution in [0, 0.1) is 18.8 Å². The third-order valence-corrected chi connectivity index (χ3v) is 6.74. The van der Waals surface area contributed by atoms with Crippen molar-refractivity contribution in [2.24, 2.45) is 11.8 Å². The number of aromatic nitrogens is 1. The second kappa shape index (κ2) is 9.14. The second-order valence-corrected chi connectivity index (χ2v) is 9.40. The first-order valence-corrected chi connectivity index (χ1v) is 11.2. The van der Waals surface area contributed by atoms with Gasteiger partial charge in [0, 0.05) is 20.8 Å². The Morgan fingerprint density at radius 2 is 1.92 bits per heavy atom. The highest BCUT2D eigenvalue weighted by molar-refractivity contribution is 9.10. The van der Waals surface area contributed by atoms with E-state index >= 15 is 0 Å². The van der Waals surface area contributed by atoms with E-state index < -0.39 is 0 Å². The van der Waals surface area contributed by atoms with Crippen LogP contribution in [0.15, 0.2) is 28.7 Å². The van der Waals surface area contributed by atoms with Crippen LogP contribution in [0.2, 0.25) is 0 Å². The topological polar surface area (TPSA) is 42.0 Å². The maximum Gasteiger partial charge on any atom is 0.229 e. The summed E-state index contributed by atoms with van der Waals surface area (Å²) in [6.45, 7) is 4.31. The fraction of sp³-hybridized carbons (Fsp3) is 0.524. The number of amides is 1. The molecular weight excluding hydrogens is 408 g/mol. The van der Waals surface area contributed by atoms with E-state index in [9.17, 15) is 4.79 Å². The maximum absolute atomic E-state index is 12.6. The van der Waals surface area contributed by atoms with Gasteiger partial charge in [0.1, 0.15) is 0 Å². The number of nitrogens with one attached hydrogen (secondary N) is 1. The van der Waals surface area contributed by atoms with Gasteiger partial charge in [0.25, 0.3) is 0 Å². The molecule has 0 spiro atoms. The Labute approximate surface area is 168 Å². The van der Waals surface area contributed by atoms with Gasteiger partial charge in [-0.15, -0.1) is 11.3 Å². The van der Waals surface area contributed by atoms with Crippen molar-refractivity contribution >= 4 is 38.3 Å². The van der Waals surface area contributed by atoms with Gasteiger partial charge in [-0.2, -0.15) is 0 Å². The molecule has 1 aromatic carbocycles. The number of carbonyl (C=O) groups is 1. The van der Waals surface area contributed by atoms with Crippen LogP contribution in [0.25, 0.3) is 11.3 Å². The summed E-state index contributed by atoms with van der Waals surface area (Å²) in [6.07, 6.45) is 8.34. The van der Waals surface area contributed by atoms with E-state index in [-0.39, 0.29) is 11.8 Å². The quantitative estimate of drug-likeness (QED) is 0.541. The first kappa shape index (κ1) is 19.6. The molecule has 0 saturated heterocycles. The summed E-state index contributed by atoms with van der Waals surface area (Å²) in [5, 5.41) is 3.79. The van der Waals surface area contributed by atoms with Crippen molar-refractivity contribution in [1.29, 1.82) is 0 Å². The Morgan fingerprint density at radius 3 is 2.58 bits per heavy atom. The zero-order valence-electron chi connectivity index (χ0n) is 15.6. The molecule has 1 heterocycles. The fourth-order valence-electron chi connectivity index (χ4n) is 3.74. The summed E-state index contributed by atoms with van der Waals surface area (Å²) >= 11 is 5.02. The van der Waals surface area contributed by atoms with Gasteiger partial charge in [-0.1, -0.05) is 54.2 Å². The summed E-state index contributed by atoms with van der Waals surface area (Å²) in [5.74, 6) is 1.12. The molecule has 1 aromatic heterocycles. The predicted octanol–water partition coefficient (Wildman–Crippen LogP) is 6.82. The lowest BCUT2D eigenvalue weighted by molar-refractivity contribution is -0.121. The largest absolute Gasteiger partial charge is 0.302 e. The molecule has 1 aliphatic carbocycles. The maximum atomic E-state index is 12.6. The van der Waals surface area contributed by atoms with Crippen LogP contribution in [-0.2, 0) is 4.79 Å². The number of aryl methyl sites for hydroxylation is 1. The molecule has 26 heavy (non-hydrogen) atoms. The number of hydrogen-bond acceptors (Lipinski definition) is 3. The number of benzene rings is 1. The van der Waals surface area contributed by atoms with Crippen LogP contribution in [0.3, 0.4) is 0 Å². The highest BCUT2D eigenvalue weighted by atomic mass is 79.9. The van der Waals surface area contributed by atoms with Crippen molar-refractivity contribution in [3.8, 4) is 11.3 Å². The lowest BCUT2D eigenvalue weighted by Gasteiger charge is -2.27. The molecule has 1 amide bonds. The van der Waals surface area contributed by atoms with Gasteiger partial charge in [-0.05, 0) is 50.7 Å². The van der Waals surface area contributed by atoms with Gasteiger partial charge in [0.05, 0.1) is 5.69 Å². The molecule has 3 rings (SSSR count). The van der Waals surface area contributed by atoms with Crippen LogP contribution in [0.4, 0.5) is 5.13 Å². The van der Waals surface area contributed by atoms with Crippen LogP contribution in [0.5, 0.6) is 0 Å². The normalized spacial score (nSPS) is 20.1. The highest BCUT2D eigenvalue weighted by Crippen LogP contribution is 2.34. The van der Waals surface area contributed by atoms with E-state index in [0.717, 1.165) is 44.5 Å². The second-order valence-electron chi connectivity index (χ2n) is 7.28. The van der Waals surface area contributed by atoms with Crippen molar-refractivity contribution in [2.45, 2.75) is 58.8 Å². The molecule has 0 atom stereocenters. The Hall–Kier alpha value is -1.20. The molecule has 1 saturated carbocycles. The van der Waals surface area contributed by atoms with E-state index in [4.69, 9.17) is 0 Å². The van der Waals surface area contributed by atoms with E-state index in [1.165, 1.54) is 32.1 Å². The Balaban J connectivity index is 1.58. The first-order valence-electron chi connectivity index (χ1n) is 9.61. The summed E-state index contributed by atoms with van der Waals surface area (Å²) in [6, 6.07) is 8.14. The number of rotatable bonds is 6. The molecule has 3 nitrogen and oxygen atoms in total. The number of hydrogen-bond donors (Lipinski definition) is 1. The average molecular weight is 435 g/mol. The van der Waals surface area contributed by atoms with Crippen molar-refractivity contribution < 1.29 is 4.79 Å². The number of carbonyl (C=O) groups excluding carboxylic acids is 1. The first-order chi connectivity index (χ1) is 12.6. The zero-order chi connectivity index (χ0) is 18.5. The molecule has 1 aliphatic rings. The van der Waals surface area contributed by atoms with Gasteiger partial charge in [-0.3, -0.25) is 4.79 Å². The Morgan fingerprint density at radius 1 is 1.23 bits per heavy atom. The van der Waals surface area contributed by atoms with Crippen LogP contribution in [-0.4, -0.2) is 10.9 Å². The van der Waals surface area contributed by atoms with Crippen LogP contribution in [0.1, 0.15) is 56.7 Å². The van der Waals surface area contributed by atoms with Crippen LogP contribution < -0.4 is 5.32 Å². The third-order valence-electron chi connectivity index (χ3n) is 5.33. The average Bonchev–Trinajstić information content (AvgIpc) is 3.01. The standard InChI is InChI=1S/C21H27BrN2OS/c1-3-4-5-15-6-8-17(9-7-15)20(25)24-21-23-19(14(2)26-21)16-10-12-18(22)13-11-16/h10-13,15,17H,3-9H2,1-2H3,(H,23,24,25). The molecule has 0 unspecified atom stereocenters. The number of unbranched alkanes of at least 4 members (excludes halogenated alkanes) is 1. The minimum Gasteiger partial charge on any atom is -0.302 e. The van der Waals surface area contributed by atoms with Crippen molar-refractivity contribution in [3.05, 3.63) is 33.6 Å². The summed E-state index contributed by atoms with van der Waals surface area (Å²) in [4.78, 5) is 18.4. The third kappa shape index (κ3) is 4.95. The summed E-state index contributed by atoms with van der Waals surface area (Å²) < 4.78 is 1.05. The summed E-state index contributed by atoms with van der Waals surface area (Å²) in [5.41, 5.74) is 2.04. The number of thiazole rings is 1. The molecule has 1 fully saturated rings. The zero-order valence-corrected chi connectivity index (χ0v) is 18.0. The Bertz CT molecular complexity index is 733. The van der Waals surface area contributed by atoms with E-state index in [2.05, 4.69) is 52.2 Å². The molecule has 0 radical (unpaired) electrons. The Kier molecular flexibility index (Phi) is 6.87. The molecule has 140 valence electrons. The molecular formula is C21H27BrN2OS. The molecule has 5 heteroatoms. The SMILES string of the molecule is CCCCC1CCC(C(=O)Nc2nc(-c3ccc(Br)cc3)c(C)s2)CC1. The number of halogens is 1. The minimum atomic E-state index is 0.146. The van der Waals surface area contributed by atoms with E-state index in [1.54, 1.807) is 11.3 Å². The van der Waals surface area contributed by atoms with Crippen molar-refractivity contribution in [2.75, 3.05) is 5.32 Å². The minimum absolute atomic E-state index is 0.146. The lowest BCUT2D eigenvalue weighted by Crippen LogP contribution is -2.27. The highest BCUT2D eigenvalue weighted by Gasteiger charge is 2.26. The fourth-order valence-corrected chi connectivity index (χ4v) is 4.84. The number of anilines is 1. The lowest BCUT2D eigenvalue weighted by atomic mass is 9.79. The monoisotopic (exact) mass is 434 g/mol. The van der Waals surface area contributed by atoms with Gasteiger partial charge < -0.3 is 5.32 Å². The van der Waals surface area contributed by atoms with E-state index in [0.29, 0.717) is 0 Å². The van der Waals surface area contributed by atoms with Crippen molar-refractivity contribution in [1.82, 2.24) is 4.98 Å². The molecule has 0 bridgehead atoms. The summed E-state index contributed by atoms with van der Waals surface area (Å²) in [7, 11) is 0. The predicted molar refractivity (Wildman–Crippen MR) is 114 cm³/mol.